The van der Waals surface area contributed by atoms with Crippen LogP contribution in [0.1, 0.15) is 37.3 Å². The van der Waals surface area contributed by atoms with E-state index in [-0.39, 0.29) is 18.9 Å². The summed E-state index contributed by atoms with van der Waals surface area (Å²) in [7, 11) is 0. The van der Waals surface area contributed by atoms with Crippen LogP contribution in [0.15, 0.2) is 0 Å². The predicted octanol–water partition coefficient (Wildman–Crippen LogP) is 1.86. The van der Waals surface area contributed by atoms with Crippen LogP contribution in [-0.2, 0) is 13.0 Å². The van der Waals surface area contributed by atoms with Gasteiger partial charge in [-0.3, -0.25) is 0 Å². The van der Waals surface area contributed by atoms with Crippen LogP contribution in [0.25, 0.3) is 0 Å². The van der Waals surface area contributed by atoms with E-state index in [9.17, 15) is 13.2 Å². The summed E-state index contributed by atoms with van der Waals surface area (Å²) >= 11 is 0. The molecule has 2 rings (SSSR count). The topological polar surface area (TPSA) is 56.7 Å². The Morgan fingerprint density at radius 2 is 2.17 bits per heavy atom. The van der Waals surface area contributed by atoms with E-state index in [0.29, 0.717) is 24.6 Å². The largest absolute Gasteiger partial charge is 0.393 e. The van der Waals surface area contributed by atoms with Gasteiger partial charge in [-0.1, -0.05) is 6.92 Å². The first kappa shape index (κ1) is 13.3. The Morgan fingerprint density at radius 3 is 2.72 bits per heavy atom. The third-order valence-corrected chi connectivity index (χ3v) is 3.58. The van der Waals surface area contributed by atoms with Crippen LogP contribution in [0.4, 0.5) is 13.2 Å². The van der Waals surface area contributed by atoms with E-state index in [1.165, 1.54) is 0 Å². The summed E-state index contributed by atoms with van der Waals surface area (Å²) < 4.78 is 39.9. The molecular weight excluding hydrogens is 245 g/mol. The van der Waals surface area contributed by atoms with Crippen molar-refractivity contribution in [2.75, 3.05) is 6.54 Å². The van der Waals surface area contributed by atoms with Gasteiger partial charge in [0.1, 0.15) is 11.6 Å². The second-order valence-corrected chi connectivity index (χ2v) is 4.70. The number of hydrogen-bond acceptors (Lipinski definition) is 3. The van der Waals surface area contributed by atoms with E-state index in [0.717, 1.165) is 6.42 Å². The van der Waals surface area contributed by atoms with Crippen molar-refractivity contribution < 1.29 is 13.2 Å². The molecule has 102 valence electrons. The monoisotopic (exact) mass is 262 g/mol. The van der Waals surface area contributed by atoms with Crippen LogP contribution in [0.2, 0.25) is 0 Å². The molecule has 0 amide bonds. The summed E-state index contributed by atoms with van der Waals surface area (Å²) in [6, 6.07) is 0. The highest BCUT2D eigenvalue weighted by Gasteiger charge is 2.42. The van der Waals surface area contributed by atoms with Crippen molar-refractivity contribution >= 4 is 0 Å². The van der Waals surface area contributed by atoms with Crippen molar-refractivity contribution in [3.8, 4) is 0 Å². The second-order valence-electron chi connectivity index (χ2n) is 4.70. The van der Waals surface area contributed by atoms with Gasteiger partial charge in [-0.15, -0.1) is 10.2 Å². The smallest absolute Gasteiger partial charge is 0.330 e. The first-order valence-corrected chi connectivity index (χ1v) is 6.16. The van der Waals surface area contributed by atoms with Gasteiger partial charge < -0.3 is 10.3 Å². The highest BCUT2D eigenvalue weighted by atomic mass is 19.4. The number of halogens is 3. The minimum Gasteiger partial charge on any atom is -0.330 e. The maximum atomic E-state index is 12.8. The molecule has 1 aliphatic rings. The van der Waals surface area contributed by atoms with Gasteiger partial charge in [0.05, 0.1) is 5.92 Å². The van der Waals surface area contributed by atoms with Gasteiger partial charge in [0.25, 0.3) is 0 Å². The fourth-order valence-electron chi connectivity index (χ4n) is 2.37. The van der Waals surface area contributed by atoms with E-state index in [1.54, 1.807) is 4.57 Å². The third-order valence-electron chi connectivity index (χ3n) is 3.58. The lowest BCUT2D eigenvalue weighted by Gasteiger charge is -2.27. The van der Waals surface area contributed by atoms with Gasteiger partial charge in [-0.2, -0.15) is 13.2 Å². The van der Waals surface area contributed by atoms with Crippen molar-refractivity contribution in [1.82, 2.24) is 14.8 Å². The summed E-state index contributed by atoms with van der Waals surface area (Å²) in [4.78, 5) is 0. The average Bonchev–Trinajstić information content (AvgIpc) is 2.73. The fourth-order valence-corrected chi connectivity index (χ4v) is 2.37. The van der Waals surface area contributed by atoms with E-state index in [1.807, 2.05) is 6.92 Å². The molecule has 0 radical (unpaired) electrons. The van der Waals surface area contributed by atoms with Crippen molar-refractivity contribution in [3.63, 3.8) is 0 Å². The van der Waals surface area contributed by atoms with E-state index in [2.05, 4.69) is 10.2 Å². The van der Waals surface area contributed by atoms with Gasteiger partial charge in [0, 0.05) is 25.4 Å². The number of alkyl halides is 3. The summed E-state index contributed by atoms with van der Waals surface area (Å²) in [5.74, 6) is -0.0605. The molecule has 1 aromatic heterocycles. The van der Waals surface area contributed by atoms with Crippen molar-refractivity contribution in [1.29, 1.82) is 0 Å². The number of aromatic nitrogens is 3. The molecule has 0 aromatic carbocycles. The SMILES string of the molecule is CCC(CN)c1nnc2n1CC(C(F)(F)F)CC2. The maximum Gasteiger partial charge on any atom is 0.393 e. The Hall–Kier alpha value is -1.11. The van der Waals surface area contributed by atoms with Gasteiger partial charge >= 0.3 is 6.18 Å². The minimum absolute atomic E-state index is 0.0155. The number of nitrogens with two attached hydrogens (primary N) is 1. The quantitative estimate of drug-likeness (QED) is 0.904. The van der Waals surface area contributed by atoms with Crippen molar-refractivity contribution in [2.45, 2.75) is 44.8 Å². The van der Waals surface area contributed by atoms with E-state index in [4.69, 9.17) is 5.73 Å². The van der Waals surface area contributed by atoms with Gasteiger partial charge in [-0.25, -0.2) is 0 Å². The molecule has 0 saturated carbocycles. The van der Waals surface area contributed by atoms with Crippen molar-refractivity contribution in [3.05, 3.63) is 11.6 Å². The van der Waals surface area contributed by atoms with Crippen LogP contribution in [0.3, 0.4) is 0 Å². The lowest BCUT2D eigenvalue weighted by molar-refractivity contribution is -0.182. The normalized spacial score (nSPS) is 21.7. The lowest BCUT2D eigenvalue weighted by atomic mass is 9.97. The summed E-state index contributed by atoms with van der Waals surface area (Å²) in [6.45, 7) is 2.26. The molecule has 1 aromatic rings. The molecule has 0 bridgehead atoms. The molecule has 7 heteroatoms. The van der Waals surface area contributed by atoms with Gasteiger partial charge in [-0.05, 0) is 12.8 Å². The molecule has 2 N–H and O–H groups in total. The molecule has 2 unspecified atom stereocenters. The molecule has 0 aliphatic carbocycles. The zero-order chi connectivity index (χ0) is 13.3. The van der Waals surface area contributed by atoms with Crippen LogP contribution < -0.4 is 5.73 Å². The van der Waals surface area contributed by atoms with E-state index >= 15 is 0 Å². The minimum atomic E-state index is -4.15. The molecule has 0 saturated heterocycles. The Labute approximate surface area is 103 Å². The number of nitrogens with zero attached hydrogens (tertiary/aromatic N) is 3. The predicted molar refractivity (Wildman–Crippen MR) is 60.0 cm³/mol. The molecule has 0 fully saturated rings. The third kappa shape index (κ3) is 2.36. The highest BCUT2D eigenvalue weighted by molar-refractivity contribution is 5.06. The zero-order valence-electron chi connectivity index (χ0n) is 10.2. The number of hydrogen-bond donors (Lipinski definition) is 1. The maximum absolute atomic E-state index is 12.8. The molecular formula is C11H17F3N4. The van der Waals surface area contributed by atoms with Crippen molar-refractivity contribution in [2.24, 2.45) is 11.7 Å². The highest BCUT2D eigenvalue weighted by Crippen LogP contribution is 2.35. The molecule has 0 spiro atoms. The van der Waals surface area contributed by atoms with Gasteiger partial charge in [0.15, 0.2) is 0 Å². The zero-order valence-corrected chi connectivity index (χ0v) is 10.2. The summed E-state index contributed by atoms with van der Waals surface area (Å²) in [6.07, 6.45) is -2.96. The lowest BCUT2D eigenvalue weighted by Crippen LogP contribution is -2.33. The number of rotatable bonds is 3. The summed E-state index contributed by atoms with van der Waals surface area (Å²) in [5.41, 5.74) is 5.62. The van der Waals surface area contributed by atoms with Crippen LogP contribution in [-0.4, -0.2) is 27.5 Å². The van der Waals surface area contributed by atoms with Gasteiger partial charge in [0.2, 0.25) is 0 Å². The summed E-state index contributed by atoms with van der Waals surface area (Å²) in [5, 5.41) is 8.00. The number of fused-ring (bicyclic) bond motifs is 1. The Bertz CT molecular complexity index is 409. The Morgan fingerprint density at radius 1 is 1.44 bits per heavy atom. The van der Waals surface area contributed by atoms with E-state index < -0.39 is 12.1 Å². The molecule has 2 atom stereocenters. The second kappa shape index (κ2) is 4.87. The first-order valence-electron chi connectivity index (χ1n) is 6.16. The average molecular weight is 262 g/mol. The Balaban J connectivity index is 2.27. The molecule has 2 heterocycles. The standard InChI is InChI=1S/C11H17F3N4/c1-2-7(5-15)10-17-16-9-4-3-8(6-18(9)10)11(12,13)14/h7-8H,2-6,15H2,1H3. The van der Waals surface area contributed by atoms with Crippen LogP contribution in [0.5, 0.6) is 0 Å². The van der Waals surface area contributed by atoms with Crippen LogP contribution in [0, 0.1) is 5.92 Å². The Kier molecular flexibility index (Phi) is 3.61. The molecule has 4 nitrogen and oxygen atoms in total. The first-order chi connectivity index (χ1) is 8.47. The molecule has 1 aliphatic heterocycles. The molecule has 18 heavy (non-hydrogen) atoms. The fraction of sp³-hybridized carbons (Fsp3) is 0.818. The van der Waals surface area contributed by atoms with Crippen LogP contribution >= 0.6 is 0 Å². The number of aryl methyl sites for hydroxylation is 1.